The predicted octanol–water partition coefficient (Wildman–Crippen LogP) is 5.12. The normalized spacial score (nSPS) is 20.9. The summed E-state index contributed by atoms with van der Waals surface area (Å²) in [6.07, 6.45) is 4.06. The zero-order valence-electron chi connectivity index (χ0n) is 15.0. The lowest BCUT2D eigenvalue weighted by Crippen LogP contribution is -2.36. The molecule has 0 unspecified atom stereocenters. The van der Waals surface area contributed by atoms with Gasteiger partial charge in [0.15, 0.2) is 0 Å². The van der Waals surface area contributed by atoms with E-state index in [0.29, 0.717) is 23.5 Å². The number of aliphatic hydroxyl groups excluding tert-OH is 1. The van der Waals surface area contributed by atoms with Crippen LogP contribution in [0.15, 0.2) is 48.5 Å². The van der Waals surface area contributed by atoms with Gasteiger partial charge in [-0.25, -0.2) is 0 Å². The molecule has 0 aliphatic heterocycles. The number of para-hydroxylation sites is 1. The molecule has 1 saturated carbocycles. The number of rotatable bonds is 6. The molecule has 2 aromatic rings. The van der Waals surface area contributed by atoms with Crippen LogP contribution in [0.5, 0.6) is 5.75 Å². The van der Waals surface area contributed by atoms with Crippen molar-refractivity contribution in [2.24, 2.45) is 0 Å². The van der Waals surface area contributed by atoms with Gasteiger partial charge in [0, 0.05) is 17.6 Å². The number of hydrogen-bond donors (Lipinski definition) is 2. The largest absolute Gasteiger partial charge is 0.496 e. The topological polar surface area (TPSA) is 41.5 Å². The fourth-order valence-corrected chi connectivity index (χ4v) is 3.97. The lowest BCUT2D eigenvalue weighted by Gasteiger charge is -2.31. The maximum atomic E-state index is 10.4. The third-order valence-corrected chi connectivity index (χ3v) is 5.32. The summed E-state index contributed by atoms with van der Waals surface area (Å²) < 4.78 is 5.53. The molecule has 0 heterocycles. The first-order valence-electron chi connectivity index (χ1n) is 8.97. The van der Waals surface area contributed by atoms with Gasteiger partial charge in [-0.3, -0.25) is 0 Å². The first-order chi connectivity index (χ1) is 12.2. The summed E-state index contributed by atoms with van der Waals surface area (Å²) in [5.74, 6) is 1.48. The number of hydrogen-bond acceptors (Lipinski definition) is 3. The average molecular weight is 396 g/mol. The fourth-order valence-electron chi connectivity index (χ4n) is 3.77. The van der Waals surface area contributed by atoms with Gasteiger partial charge in [-0.15, -0.1) is 12.4 Å². The minimum Gasteiger partial charge on any atom is -0.496 e. The lowest BCUT2D eigenvalue weighted by atomic mass is 9.81. The number of methoxy groups -OCH3 is 1. The Labute approximate surface area is 167 Å². The van der Waals surface area contributed by atoms with E-state index in [2.05, 4.69) is 17.4 Å². The van der Waals surface area contributed by atoms with E-state index in [1.54, 1.807) is 7.11 Å². The maximum Gasteiger partial charge on any atom is 0.122 e. The Balaban J connectivity index is 0.00000243. The quantitative estimate of drug-likeness (QED) is 0.712. The predicted molar refractivity (Wildman–Crippen MR) is 110 cm³/mol. The van der Waals surface area contributed by atoms with Gasteiger partial charge in [-0.2, -0.15) is 0 Å². The van der Waals surface area contributed by atoms with E-state index in [4.69, 9.17) is 16.3 Å². The van der Waals surface area contributed by atoms with E-state index in [9.17, 15) is 5.11 Å². The molecule has 0 aromatic heterocycles. The van der Waals surface area contributed by atoms with E-state index in [1.807, 2.05) is 36.4 Å². The molecule has 142 valence electrons. The van der Waals surface area contributed by atoms with Crippen molar-refractivity contribution in [3.05, 3.63) is 64.7 Å². The summed E-state index contributed by atoms with van der Waals surface area (Å²) in [7, 11) is 1.73. The van der Waals surface area contributed by atoms with Crippen LogP contribution in [0.2, 0.25) is 5.02 Å². The van der Waals surface area contributed by atoms with Crippen LogP contribution in [0.4, 0.5) is 0 Å². The minimum atomic E-state index is -0.537. The summed E-state index contributed by atoms with van der Waals surface area (Å²) in [5.41, 5.74) is 2.16. The summed E-state index contributed by atoms with van der Waals surface area (Å²) in [6.45, 7) is 0.545. The van der Waals surface area contributed by atoms with Crippen molar-refractivity contribution in [2.75, 3.05) is 13.7 Å². The number of halogens is 2. The van der Waals surface area contributed by atoms with Crippen molar-refractivity contribution >= 4 is 24.0 Å². The SMILES string of the molecule is COc1ccccc1[C@H]1CCC[C@@H](NC[C@H](O)c2cccc(Cl)c2)C1.Cl. The van der Waals surface area contributed by atoms with Crippen LogP contribution in [0.1, 0.15) is 48.8 Å². The van der Waals surface area contributed by atoms with Crippen LogP contribution in [-0.4, -0.2) is 24.8 Å². The summed E-state index contributed by atoms with van der Waals surface area (Å²) in [6, 6.07) is 16.2. The molecule has 3 rings (SSSR count). The van der Waals surface area contributed by atoms with Crippen LogP contribution in [0.25, 0.3) is 0 Å². The van der Waals surface area contributed by atoms with Gasteiger partial charge in [0.2, 0.25) is 0 Å². The summed E-state index contributed by atoms with van der Waals surface area (Å²) in [5, 5.41) is 14.6. The van der Waals surface area contributed by atoms with Crippen molar-refractivity contribution in [3.63, 3.8) is 0 Å². The summed E-state index contributed by atoms with van der Waals surface area (Å²) in [4.78, 5) is 0. The molecular weight excluding hydrogens is 369 g/mol. The highest BCUT2D eigenvalue weighted by molar-refractivity contribution is 6.30. The fraction of sp³-hybridized carbons (Fsp3) is 0.429. The van der Waals surface area contributed by atoms with Crippen LogP contribution in [0, 0.1) is 0 Å². The smallest absolute Gasteiger partial charge is 0.122 e. The second kappa shape index (κ2) is 10.2. The van der Waals surface area contributed by atoms with Crippen LogP contribution >= 0.6 is 24.0 Å². The lowest BCUT2D eigenvalue weighted by molar-refractivity contribution is 0.164. The molecule has 0 amide bonds. The molecule has 5 heteroatoms. The monoisotopic (exact) mass is 395 g/mol. The molecule has 3 atom stereocenters. The van der Waals surface area contributed by atoms with Gasteiger partial charge in [0.1, 0.15) is 5.75 Å². The Bertz CT molecular complexity index is 695. The van der Waals surface area contributed by atoms with Crippen molar-refractivity contribution in [3.8, 4) is 5.75 Å². The molecule has 0 spiro atoms. The van der Waals surface area contributed by atoms with E-state index < -0.39 is 6.10 Å². The molecule has 0 radical (unpaired) electrons. The van der Waals surface area contributed by atoms with Gasteiger partial charge in [0.05, 0.1) is 13.2 Å². The molecular formula is C21H27Cl2NO2. The highest BCUT2D eigenvalue weighted by atomic mass is 35.5. The van der Waals surface area contributed by atoms with Crippen molar-refractivity contribution in [1.82, 2.24) is 5.32 Å². The zero-order valence-corrected chi connectivity index (χ0v) is 16.6. The van der Waals surface area contributed by atoms with Crippen LogP contribution < -0.4 is 10.1 Å². The standard InChI is InChI=1S/C21H26ClNO2.ClH/c1-25-21-11-3-2-10-19(21)15-6-5-9-18(13-15)23-14-20(24)16-7-4-8-17(22)12-16;/h2-4,7-8,10-12,15,18,20,23-24H,5-6,9,13-14H2,1H3;1H/t15-,18+,20-;/m0./s1. The van der Waals surface area contributed by atoms with E-state index in [-0.39, 0.29) is 12.4 Å². The molecule has 1 aliphatic rings. The number of ether oxygens (including phenoxy) is 1. The van der Waals surface area contributed by atoms with Gasteiger partial charge >= 0.3 is 0 Å². The second-order valence-electron chi connectivity index (χ2n) is 6.78. The Morgan fingerprint density at radius 1 is 1.19 bits per heavy atom. The average Bonchev–Trinajstić information content (AvgIpc) is 2.66. The number of benzene rings is 2. The molecule has 1 fully saturated rings. The Hall–Kier alpha value is -1.26. The van der Waals surface area contributed by atoms with E-state index >= 15 is 0 Å². The Kier molecular flexibility index (Phi) is 8.23. The third-order valence-electron chi connectivity index (χ3n) is 5.09. The van der Waals surface area contributed by atoms with Gasteiger partial charge in [0.25, 0.3) is 0 Å². The van der Waals surface area contributed by atoms with Gasteiger partial charge in [-0.05, 0) is 54.5 Å². The van der Waals surface area contributed by atoms with E-state index in [1.165, 1.54) is 18.4 Å². The number of aliphatic hydroxyl groups is 1. The molecule has 0 saturated heterocycles. The molecule has 1 aliphatic carbocycles. The molecule has 3 nitrogen and oxygen atoms in total. The minimum absolute atomic E-state index is 0. The van der Waals surface area contributed by atoms with Gasteiger partial charge in [-0.1, -0.05) is 48.4 Å². The van der Waals surface area contributed by atoms with E-state index in [0.717, 1.165) is 24.2 Å². The highest BCUT2D eigenvalue weighted by Crippen LogP contribution is 2.37. The molecule has 2 aromatic carbocycles. The first kappa shape index (κ1) is 21.0. The third kappa shape index (κ3) is 5.37. The Morgan fingerprint density at radius 2 is 2.00 bits per heavy atom. The highest BCUT2D eigenvalue weighted by Gasteiger charge is 2.25. The Morgan fingerprint density at radius 3 is 2.77 bits per heavy atom. The zero-order chi connectivity index (χ0) is 17.6. The van der Waals surface area contributed by atoms with Crippen LogP contribution in [0.3, 0.4) is 0 Å². The van der Waals surface area contributed by atoms with Crippen molar-refractivity contribution in [2.45, 2.75) is 43.7 Å². The number of nitrogens with one attached hydrogen (secondary N) is 1. The molecule has 26 heavy (non-hydrogen) atoms. The van der Waals surface area contributed by atoms with Gasteiger partial charge < -0.3 is 15.2 Å². The van der Waals surface area contributed by atoms with Crippen LogP contribution in [-0.2, 0) is 0 Å². The summed E-state index contributed by atoms with van der Waals surface area (Å²) >= 11 is 6.01. The van der Waals surface area contributed by atoms with Crippen molar-refractivity contribution < 1.29 is 9.84 Å². The maximum absolute atomic E-state index is 10.4. The second-order valence-corrected chi connectivity index (χ2v) is 7.22. The molecule has 2 N–H and O–H groups in total. The molecule has 0 bridgehead atoms. The van der Waals surface area contributed by atoms with Crippen molar-refractivity contribution in [1.29, 1.82) is 0 Å². The first-order valence-corrected chi connectivity index (χ1v) is 9.35.